The van der Waals surface area contributed by atoms with Crippen molar-refractivity contribution in [1.82, 2.24) is 19.9 Å². The minimum atomic E-state index is 0.518. The Labute approximate surface area is 140 Å². The summed E-state index contributed by atoms with van der Waals surface area (Å²) in [7, 11) is 0. The van der Waals surface area contributed by atoms with Gasteiger partial charge in [-0.2, -0.15) is 0 Å². The van der Waals surface area contributed by atoms with Crippen LogP contribution in [0.4, 0.5) is 17.5 Å². The second-order valence-corrected chi connectivity index (χ2v) is 6.29. The van der Waals surface area contributed by atoms with Crippen LogP contribution in [0.25, 0.3) is 0 Å². The molecule has 3 rings (SSSR count). The van der Waals surface area contributed by atoms with Crippen molar-refractivity contribution in [3.63, 3.8) is 0 Å². The highest BCUT2D eigenvalue weighted by atomic mass is 32.2. The molecule has 2 N–H and O–H groups in total. The maximum atomic E-state index is 5.88. The molecule has 1 aliphatic rings. The van der Waals surface area contributed by atoms with Gasteiger partial charge < -0.3 is 15.5 Å². The molecular weight excluding hydrogens is 310 g/mol. The lowest BCUT2D eigenvalue weighted by molar-refractivity contribution is 0.635. The molecule has 0 aromatic carbocycles. The first-order valence-electron chi connectivity index (χ1n) is 7.55. The molecule has 1 fully saturated rings. The van der Waals surface area contributed by atoms with Gasteiger partial charge >= 0.3 is 0 Å². The fourth-order valence-corrected chi connectivity index (χ4v) is 3.06. The molecule has 2 aromatic rings. The Bertz CT molecular complexity index is 698. The van der Waals surface area contributed by atoms with Crippen LogP contribution in [-0.2, 0) is 0 Å². The number of anilines is 3. The number of nitrogen functional groups attached to an aromatic ring is 1. The van der Waals surface area contributed by atoms with Gasteiger partial charge in [-0.1, -0.05) is 11.8 Å². The predicted molar refractivity (Wildman–Crippen MR) is 94.2 cm³/mol. The number of nitrogens with two attached hydrogens (primary N) is 1. The summed E-state index contributed by atoms with van der Waals surface area (Å²) >= 11 is 1.51. The number of aryl methyl sites for hydroxylation is 1. The normalized spacial score (nSPS) is 15.1. The zero-order valence-corrected chi connectivity index (χ0v) is 14.5. The molecule has 1 saturated heterocycles. The smallest absolute Gasteiger partial charge is 0.191 e. The van der Waals surface area contributed by atoms with Crippen LogP contribution in [-0.4, -0.2) is 52.4 Å². The Morgan fingerprint density at radius 2 is 1.74 bits per heavy atom. The lowest BCUT2D eigenvalue weighted by Gasteiger charge is -2.36. The topological polar surface area (TPSA) is 84.1 Å². The number of hydrogen-bond acceptors (Lipinski definition) is 8. The molecule has 0 amide bonds. The van der Waals surface area contributed by atoms with Gasteiger partial charge in [-0.05, 0) is 20.1 Å². The number of hydrogen-bond donors (Lipinski definition) is 1. The Morgan fingerprint density at radius 1 is 1.04 bits per heavy atom. The van der Waals surface area contributed by atoms with E-state index in [1.807, 2.05) is 19.2 Å². The quantitative estimate of drug-likeness (QED) is 0.669. The summed E-state index contributed by atoms with van der Waals surface area (Å²) in [6.45, 7) is 7.66. The number of nitrogens with zero attached hydrogens (tertiary/aromatic N) is 6. The Balaban J connectivity index is 1.73. The fourth-order valence-electron chi connectivity index (χ4n) is 2.68. The van der Waals surface area contributed by atoms with Gasteiger partial charge in [0.2, 0.25) is 0 Å². The highest BCUT2D eigenvalue weighted by Gasteiger charge is 2.21. The Morgan fingerprint density at radius 3 is 2.43 bits per heavy atom. The Hall–Kier alpha value is -2.09. The zero-order chi connectivity index (χ0) is 16.4. The van der Waals surface area contributed by atoms with Gasteiger partial charge in [-0.15, -0.1) is 0 Å². The lowest BCUT2D eigenvalue weighted by atomic mass is 10.2. The summed E-state index contributed by atoms with van der Waals surface area (Å²) in [6.07, 6.45) is 3.59. The van der Waals surface area contributed by atoms with Crippen molar-refractivity contribution in [2.24, 2.45) is 0 Å². The minimum Gasteiger partial charge on any atom is -0.383 e. The average Bonchev–Trinajstić information content (AvgIpc) is 2.57. The maximum Gasteiger partial charge on any atom is 0.191 e. The van der Waals surface area contributed by atoms with Crippen LogP contribution in [0.15, 0.2) is 17.6 Å². The molecule has 0 bridgehead atoms. The van der Waals surface area contributed by atoms with E-state index in [1.54, 1.807) is 6.33 Å². The monoisotopic (exact) mass is 331 g/mol. The number of piperazine rings is 1. The Kier molecular flexibility index (Phi) is 4.51. The molecule has 0 radical (unpaired) electrons. The SMILES string of the molecule is CSc1nc(N)cc(N2CCN(c3ncnc(C)c3C)CC2)n1. The summed E-state index contributed by atoms with van der Waals surface area (Å²) < 4.78 is 0. The molecule has 0 unspecified atom stereocenters. The van der Waals surface area contributed by atoms with E-state index in [9.17, 15) is 0 Å². The molecule has 1 aliphatic heterocycles. The van der Waals surface area contributed by atoms with E-state index in [4.69, 9.17) is 5.73 Å². The van der Waals surface area contributed by atoms with E-state index >= 15 is 0 Å². The lowest BCUT2D eigenvalue weighted by Crippen LogP contribution is -2.47. The molecule has 0 atom stereocenters. The van der Waals surface area contributed by atoms with E-state index in [1.165, 1.54) is 11.8 Å². The summed E-state index contributed by atoms with van der Waals surface area (Å²) in [4.78, 5) is 22.0. The third kappa shape index (κ3) is 3.31. The van der Waals surface area contributed by atoms with Gasteiger partial charge in [-0.25, -0.2) is 19.9 Å². The van der Waals surface area contributed by atoms with E-state index in [0.29, 0.717) is 11.0 Å². The molecule has 8 heteroatoms. The van der Waals surface area contributed by atoms with Crippen molar-refractivity contribution >= 4 is 29.2 Å². The van der Waals surface area contributed by atoms with Crippen LogP contribution in [0.2, 0.25) is 0 Å². The number of rotatable bonds is 3. The highest BCUT2D eigenvalue weighted by molar-refractivity contribution is 7.98. The van der Waals surface area contributed by atoms with E-state index in [2.05, 4.69) is 36.7 Å². The maximum absolute atomic E-state index is 5.88. The van der Waals surface area contributed by atoms with E-state index in [-0.39, 0.29) is 0 Å². The predicted octanol–water partition coefficient (Wildman–Crippen LogP) is 1.51. The highest BCUT2D eigenvalue weighted by Crippen LogP contribution is 2.23. The van der Waals surface area contributed by atoms with Crippen molar-refractivity contribution in [3.05, 3.63) is 23.7 Å². The molecule has 3 heterocycles. The third-order valence-electron chi connectivity index (χ3n) is 4.11. The van der Waals surface area contributed by atoms with Crippen LogP contribution in [0.3, 0.4) is 0 Å². The van der Waals surface area contributed by atoms with Crippen molar-refractivity contribution in [3.8, 4) is 0 Å². The van der Waals surface area contributed by atoms with Crippen LogP contribution in [0, 0.1) is 13.8 Å². The molecule has 23 heavy (non-hydrogen) atoms. The molecule has 0 saturated carbocycles. The van der Waals surface area contributed by atoms with Crippen molar-refractivity contribution in [1.29, 1.82) is 0 Å². The fraction of sp³-hybridized carbons (Fsp3) is 0.467. The van der Waals surface area contributed by atoms with Crippen molar-refractivity contribution < 1.29 is 0 Å². The second kappa shape index (κ2) is 6.57. The molecular formula is C15H21N7S. The summed E-state index contributed by atoms with van der Waals surface area (Å²) in [5.41, 5.74) is 8.06. The average molecular weight is 331 g/mol. The standard InChI is InChI=1S/C15H21N7S/c1-10-11(2)17-9-18-14(10)22-6-4-21(5-7-22)13-8-12(16)19-15(20-13)23-3/h8-9H,4-7H2,1-3H3,(H2,16,19,20). The molecule has 2 aromatic heterocycles. The van der Waals surface area contributed by atoms with Gasteiger partial charge in [0.1, 0.15) is 23.8 Å². The zero-order valence-electron chi connectivity index (χ0n) is 13.7. The minimum absolute atomic E-state index is 0.518. The van der Waals surface area contributed by atoms with E-state index < -0.39 is 0 Å². The van der Waals surface area contributed by atoms with Gasteiger partial charge in [-0.3, -0.25) is 0 Å². The van der Waals surface area contributed by atoms with Crippen molar-refractivity contribution in [2.75, 3.05) is 48.0 Å². The van der Waals surface area contributed by atoms with Crippen LogP contribution in [0.1, 0.15) is 11.3 Å². The van der Waals surface area contributed by atoms with Crippen molar-refractivity contribution in [2.45, 2.75) is 19.0 Å². The largest absolute Gasteiger partial charge is 0.383 e. The number of thioether (sulfide) groups is 1. The van der Waals surface area contributed by atoms with E-state index in [0.717, 1.165) is 49.1 Å². The molecule has 122 valence electrons. The van der Waals surface area contributed by atoms with Crippen LogP contribution >= 0.6 is 11.8 Å². The van der Waals surface area contributed by atoms with Gasteiger partial charge in [0, 0.05) is 43.5 Å². The first kappa shape index (κ1) is 15.8. The second-order valence-electron chi connectivity index (χ2n) is 5.52. The number of aromatic nitrogens is 4. The van der Waals surface area contributed by atoms with Gasteiger partial charge in [0.05, 0.1) is 0 Å². The van der Waals surface area contributed by atoms with Gasteiger partial charge in [0.25, 0.3) is 0 Å². The third-order valence-corrected chi connectivity index (χ3v) is 4.65. The molecule has 0 spiro atoms. The van der Waals surface area contributed by atoms with Crippen LogP contribution in [0.5, 0.6) is 0 Å². The first-order valence-corrected chi connectivity index (χ1v) is 8.77. The summed E-state index contributed by atoms with van der Waals surface area (Å²) in [5, 5.41) is 0.713. The molecule has 0 aliphatic carbocycles. The molecule has 7 nitrogen and oxygen atoms in total. The first-order chi connectivity index (χ1) is 11.1. The van der Waals surface area contributed by atoms with Gasteiger partial charge in [0.15, 0.2) is 5.16 Å². The summed E-state index contributed by atoms with van der Waals surface area (Å²) in [6, 6.07) is 1.84. The van der Waals surface area contributed by atoms with Crippen LogP contribution < -0.4 is 15.5 Å². The summed E-state index contributed by atoms with van der Waals surface area (Å²) in [5.74, 6) is 2.45.